The first-order valence-corrected chi connectivity index (χ1v) is 12.9. The van der Waals surface area contributed by atoms with Gasteiger partial charge < -0.3 is 19.5 Å². The standard InChI is InChI=1S/C21H35N5O6S/c1-16-20(17(2)32-23-16)33(29,30)26-8-4-6-18(14-26)21(28)25-11-9-24(10-12-25)15-19(27)22-7-5-13-31-3/h18H,4-15H2,1-3H3,(H,22,27). The van der Waals surface area contributed by atoms with Crippen LogP contribution in [0.1, 0.15) is 30.7 Å². The molecule has 0 aliphatic carbocycles. The van der Waals surface area contributed by atoms with Crippen LogP contribution in [0.5, 0.6) is 0 Å². The van der Waals surface area contributed by atoms with E-state index in [1.54, 1.807) is 25.9 Å². The Kier molecular flexibility index (Phi) is 8.85. The fourth-order valence-corrected chi connectivity index (χ4v) is 6.24. The molecule has 11 nitrogen and oxygen atoms in total. The number of ether oxygens (including phenoxy) is 1. The van der Waals surface area contributed by atoms with Crippen LogP contribution >= 0.6 is 0 Å². The zero-order valence-electron chi connectivity index (χ0n) is 19.7. The summed E-state index contributed by atoms with van der Waals surface area (Å²) in [6, 6.07) is 0. The third-order valence-electron chi connectivity index (χ3n) is 6.20. The van der Waals surface area contributed by atoms with E-state index in [1.165, 1.54) is 4.31 Å². The molecule has 0 radical (unpaired) electrons. The number of sulfonamides is 1. The van der Waals surface area contributed by atoms with Crippen molar-refractivity contribution in [3.8, 4) is 0 Å². The van der Waals surface area contributed by atoms with Crippen LogP contribution in [0, 0.1) is 19.8 Å². The van der Waals surface area contributed by atoms with Crippen LogP contribution < -0.4 is 5.32 Å². The minimum absolute atomic E-state index is 0.0164. The van der Waals surface area contributed by atoms with Crippen LogP contribution in [0.2, 0.25) is 0 Å². The van der Waals surface area contributed by atoms with Gasteiger partial charge in [-0.2, -0.15) is 4.31 Å². The van der Waals surface area contributed by atoms with Gasteiger partial charge in [-0.05, 0) is 33.1 Å². The number of carbonyl (C=O) groups is 2. The zero-order valence-corrected chi connectivity index (χ0v) is 20.5. The van der Waals surface area contributed by atoms with Crippen LogP contribution in [0.25, 0.3) is 0 Å². The lowest BCUT2D eigenvalue weighted by Gasteiger charge is -2.38. The van der Waals surface area contributed by atoms with E-state index in [-0.39, 0.29) is 34.9 Å². The maximum atomic E-state index is 13.1. The van der Waals surface area contributed by atoms with E-state index in [2.05, 4.69) is 10.5 Å². The molecule has 186 valence electrons. The number of nitrogens with zero attached hydrogens (tertiary/aromatic N) is 4. The topological polar surface area (TPSA) is 125 Å². The number of hydrogen-bond donors (Lipinski definition) is 1. The monoisotopic (exact) mass is 485 g/mol. The van der Waals surface area contributed by atoms with Crippen molar-refractivity contribution >= 4 is 21.8 Å². The van der Waals surface area contributed by atoms with Gasteiger partial charge in [-0.3, -0.25) is 14.5 Å². The maximum Gasteiger partial charge on any atom is 0.248 e. The van der Waals surface area contributed by atoms with Gasteiger partial charge in [0, 0.05) is 59.5 Å². The van der Waals surface area contributed by atoms with E-state index >= 15 is 0 Å². The van der Waals surface area contributed by atoms with Gasteiger partial charge in [-0.1, -0.05) is 5.16 Å². The van der Waals surface area contributed by atoms with E-state index in [0.717, 1.165) is 6.42 Å². The lowest BCUT2D eigenvalue weighted by Crippen LogP contribution is -2.54. The third kappa shape index (κ3) is 6.31. The van der Waals surface area contributed by atoms with Crippen LogP contribution in [-0.2, 0) is 24.3 Å². The summed E-state index contributed by atoms with van der Waals surface area (Å²) in [5, 5.41) is 6.64. The maximum absolute atomic E-state index is 13.1. The highest BCUT2D eigenvalue weighted by Gasteiger charge is 2.38. The van der Waals surface area contributed by atoms with Gasteiger partial charge in [0.25, 0.3) is 0 Å². The molecular weight excluding hydrogens is 450 g/mol. The number of hydrogen-bond acceptors (Lipinski definition) is 8. The lowest BCUT2D eigenvalue weighted by molar-refractivity contribution is -0.138. The van der Waals surface area contributed by atoms with Crippen molar-refractivity contribution in [2.75, 3.05) is 66.1 Å². The summed E-state index contributed by atoms with van der Waals surface area (Å²) in [7, 11) is -2.13. The van der Waals surface area contributed by atoms with Crippen LogP contribution in [-0.4, -0.2) is 106 Å². The summed E-state index contributed by atoms with van der Waals surface area (Å²) in [4.78, 5) is 29.1. The van der Waals surface area contributed by atoms with Gasteiger partial charge in [0.15, 0.2) is 5.76 Å². The summed E-state index contributed by atoms with van der Waals surface area (Å²) in [5.41, 5.74) is 0.333. The molecule has 1 N–H and O–H groups in total. The number of nitrogens with one attached hydrogen (secondary N) is 1. The summed E-state index contributed by atoms with van der Waals surface area (Å²) in [6.07, 6.45) is 2.06. The zero-order chi connectivity index (χ0) is 24.0. The van der Waals surface area contributed by atoms with E-state index in [4.69, 9.17) is 9.26 Å². The van der Waals surface area contributed by atoms with Gasteiger partial charge >= 0.3 is 0 Å². The minimum atomic E-state index is -3.77. The van der Waals surface area contributed by atoms with Crippen LogP contribution in [0.3, 0.4) is 0 Å². The molecule has 1 unspecified atom stereocenters. The molecule has 0 spiro atoms. The Morgan fingerprint density at radius 2 is 1.91 bits per heavy atom. The quantitative estimate of drug-likeness (QED) is 0.484. The molecule has 33 heavy (non-hydrogen) atoms. The van der Waals surface area contributed by atoms with Crippen molar-refractivity contribution in [3.63, 3.8) is 0 Å². The molecule has 1 aromatic heterocycles. The van der Waals surface area contributed by atoms with Crippen molar-refractivity contribution in [2.45, 2.75) is 38.0 Å². The Hall–Kier alpha value is -2.02. The lowest BCUT2D eigenvalue weighted by atomic mass is 9.98. The van der Waals surface area contributed by atoms with Crippen molar-refractivity contribution in [1.29, 1.82) is 0 Å². The Bertz CT molecular complexity index is 906. The Morgan fingerprint density at radius 1 is 1.18 bits per heavy atom. The second-order valence-electron chi connectivity index (χ2n) is 8.65. The fraction of sp³-hybridized carbons (Fsp3) is 0.762. The molecule has 2 aliphatic heterocycles. The van der Waals surface area contributed by atoms with E-state index in [9.17, 15) is 18.0 Å². The molecule has 0 saturated carbocycles. The number of rotatable bonds is 9. The number of piperidine rings is 1. The first-order valence-electron chi connectivity index (χ1n) is 11.4. The van der Waals surface area contributed by atoms with Gasteiger partial charge in [0.2, 0.25) is 21.8 Å². The summed E-state index contributed by atoms with van der Waals surface area (Å²) in [6.45, 7) is 7.52. The van der Waals surface area contributed by atoms with Crippen LogP contribution in [0.15, 0.2) is 9.42 Å². The molecule has 12 heteroatoms. The highest BCUT2D eigenvalue weighted by atomic mass is 32.2. The molecule has 1 aromatic rings. The molecule has 2 amide bonds. The highest BCUT2D eigenvalue weighted by molar-refractivity contribution is 7.89. The molecule has 2 saturated heterocycles. The fourth-order valence-electron chi connectivity index (χ4n) is 4.42. The molecule has 0 aromatic carbocycles. The molecule has 0 bridgehead atoms. The second-order valence-corrected chi connectivity index (χ2v) is 10.5. The van der Waals surface area contributed by atoms with Crippen LogP contribution in [0.4, 0.5) is 0 Å². The van der Waals surface area contributed by atoms with Gasteiger partial charge in [-0.15, -0.1) is 0 Å². The van der Waals surface area contributed by atoms with Gasteiger partial charge in [-0.25, -0.2) is 8.42 Å². The molecule has 2 fully saturated rings. The second kappa shape index (κ2) is 11.4. The van der Waals surface area contributed by atoms with Crippen molar-refractivity contribution in [2.24, 2.45) is 5.92 Å². The smallest absolute Gasteiger partial charge is 0.248 e. The van der Waals surface area contributed by atoms with Gasteiger partial charge in [0.05, 0.1) is 12.5 Å². The number of carbonyl (C=O) groups excluding carboxylic acids is 2. The minimum Gasteiger partial charge on any atom is -0.385 e. The molecule has 3 heterocycles. The number of piperazine rings is 1. The Balaban J connectivity index is 1.50. The predicted octanol–water partition coefficient (Wildman–Crippen LogP) is -0.0110. The Labute approximate surface area is 195 Å². The highest BCUT2D eigenvalue weighted by Crippen LogP contribution is 2.28. The normalized spacial score (nSPS) is 20.7. The van der Waals surface area contributed by atoms with Crippen molar-refractivity contribution in [1.82, 2.24) is 24.6 Å². The molecule has 2 aliphatic rings. The SMILES string of the molecule is COCCCNC(=O)CN1CCN(C(=O)C2CCCN(S(=O)(=O)c3c(C)noc3C)C2)CC1. The van der Waals surface area contributed by atoms with E-state index in [0.29, 0.717) is 71.0 Å². The van der Waals surface area contributed by atoms with E-state index in [1.807, 2.05) is 4.90 Å². The average Bonchev–Trinajstić information content (AvgIpc) is 3.15. The summed E-state index contributed by atoms with van der Waals surface area (Å²) < 4.78 is 37.7. The molecular formula is C21H35N5O6S. The Morgan fingerprint density at radius 3 is 2.55 bits per heavy atom. The molecule has 3 rings (SSSR count). The molecule has 1 atom stereocenters. The predicted molar refractivity (Wildman–Crippen MR) is 120 cm³/mol. The van der Waals surface area contributed by atoms with Crippen molar-refractivity contribution in [3.05, 3.63) is 11.5 Å². The third-order valence-corrected chi connectivity index (χ3v) is 8.31. The first-order chi connectivity index (χ1) is 15.7. The summed E-state index contributed by atoms with van der Waals surface area (Å²) in [5.74, 6) is -0.153. The largest absolute Gasteiger partial charge is 0.385 e. The number of aryl methyl sites for hydroxylation is 2. The first kappa shape index (κ1) is 25.6. The summed E-state index contributed by atoms with van der Waals surface area (Å²) >= 11 is 0. The van der Waals surface area contributed by atoms with E-state index < -0.39 is 10.0 Å². The number of aromatic nitrogens is 1. The van der Waals surface area contributed by atoms with Crippen molar-refractivity contribution < 1.29 is 27.3 Å². The average molecular weight is 486 g/mol. The number of methoxy groups -OCH3 is 1. The van der Waals surface area contributed by atoms with Gasteiger partial charge in [0.1, 0.15) is 10.6 Å². The number of amides is 2.